The Morgan fingerprint density at radius 3 is 2.25 bits per heavy atom. The van der Waals surface area contributed by atoms with E-state index in [1.807, 2.05) is 23.6 Å². The van der Waals surface area contributed by atoms with E-state index in [-0.39, 0.29) is 10.3 Å². The van der Waals surface area contributed by atoms with Gasteiger partial charge in [-0.3, -0.25) is 0 Å². The van der Waals surface area contributed by atoms with E-state index in [9.17, 15) is 0 Å². The molecule has 0 saturated heterocycles. The molecule has 0 bridgehead atoms. The zero-order chi connectivity index (χ0) is 14.1. The number of thiazole rings is 1. The summed E-state index contributed by atoms with van der Waals surface area (Å²) in [5, 5.41) is 2.88. The Balaban J connectivity index is 2.17. The minimum atomic E-state index is 0.251. The summed E-state index contributed by atoms with van der Waals surface area (Å²) in [6.45, 7) is 0. The Labute approximate surface area is 134 Å². The first kappa shape index (κ1) is 13.8. The molecule has 0 radical (unpaired) electrons. The van der Waals surface area contributed by atoms with Crippen molar-refractivity contribution in [2.24, 2.45) is 0 Å². The van der Waals surface area contributed by atoms with Crippen molar-refractivity contribution in [3.05, 3.63) is 50.5 Å². The van der Waals surface area contributed by atoms with Crippen LogP contribution < -0.4 is 0 Å². The average molecular weight is 343 g/mol. The van der Waals surface area contributed by atoms with Crippen LogP contribution >= 0.6 is 46.1 Å². The summed E-state index contributed by atoms with van der Waals surface area (Å²) in [5.41, 5.74) is 3.57. The average Bonchev–Trinajstić information content (AvgIpc) is 2.94. The van der Waals surface area contributed by atoms with Crippen LogP contribution in [0.25, 0.3) is 22.6 Å². The second-order valence-corrected chi connectivity index (χ2v) is 5.70. The maximum Gasteiger partial charge on any atom is 0.181 e. The molecule has 0 atom stereocenters. The normalized spacial score (nSPS) is 10.8. The minimum Gasteiger partial charge on any atom is -0.241 e. The van der Waals surface area contributed by atoms with Crippen molar-refractivity contribution in [3.63, 3.8) is 0 Å². The van der Waals surface area contributed by atoms with Gasteiger partial charge in [0.05, 0.1) is 11.1 Å². The Bertz CT molecular complexity index is 736. The van der Waals surface area contributed by atoms with Crippen molar-refractivity contribution < 1.29 is 0 Å². The van der Waals surface area contributed by atoms with E-state index in [4.69, 9.17) is 34.8 Å². The quantitative estimate of drug-likeness (QED) is 0.599. The number of hydrogen-bond donors (Lipinski definition) is 0. The summed E-state index contributed by atoms with van der Waals surface area (Å²) in [4.78, 5) is 12.6. The lowest BCUT2D eigenvalue weighted by molar-refractivity contribution is 1.15. The molecule has 3 rings (SSSR count). The third kappa shape index (κ3) is 2.52. The van der Waals surface area contributed by atoms with Gasteiger partial charge in [0, 0.05) is 16.0 Å². The van der Waals surface area contributed by atoms with Gasteiger partial charge in [0.25, 0.3) is 0 Å². The summed E-state index contributed by atoms with van der Waals surface area (Å²) < 4.78 is 0. The monoisotopic (exact) mass is 341 g/mol. The first-order valence-corrected chi connectivity index (χ1v) is 7.61. The first-order chi connectivity index (χ1) is 9.66. The van der Waals surface area contributed by atoms with Crippen LogP contribution in [-0.4, -0.2) is 15.0 Å². The van der Waals surface area contributed by atoms with E-state index in [2.05, 4.69) is 15.0 Å². The van der Waals surface area contributed by atoms with Crippen LogP contribution in [0.1, 0.15) is 0 Å². The molecule has 0 spiro atoms. The molecule has 2 aromatic heterocycles. The fourth-order valence-electron chi connectivity index (χ4n) is 1.73. The van der Waals surface area contributed by atoms with Gasteiger partial charge in [-0.05, 0) is 6.07 Å². The van der Waals surface area contributed by atoms with E-state index in [0.29, 0.717) is 27.7 Å². The van der Waals surface area contributed by atoms with E-state index in [1.165, 1.54) is 11.3 Å². The maximum absolute atomic E-state index is 6.24. The number of hydrogen-bond acceptors (Lipinski definition) is 4. The van der Waals surface area contributed by atoms with Crippen LogP contribution in [0.2, 0.25) is 15.3 Å². The summed E-state index contributed by atoms with van der Waals surface area (Å²) in [7, 11) is 0. The summed E-state index contributed by atoms with van der Waals surface area (Å²) >= 11 is 20.1. The van der Waals surface area contributed by atoms with Crippen LogP contribution in [0.15, 0.2) is 35.2 Å². The number of aromatic nitrogens is 3. The molecule has 0 aliphatic carbocycles. The van der Waals surface area contributed by atoms with E-state index >= 15 is 0 Å². The second kappa shape index (κ2) is 5.66. The highest BCUT2D eigenvalue weighted by Gasteiger charge is 2.17. The number of benzene rings is 1. The van der Waals surface area contributed by atoms with E-state index in [0.717, 1.165) is 0 Å². The molecule has 2 heterocycles. The molecule has 0 fully saturated rings. The molecular formula is C13H6Cl3N3S. The summed E-state index contributed by atoms with van der Waals surface area (Å²) in [6.07, 6.45) is 0. The second-order valence-electron chi connectivity index (χ2n) is 3.86. The number of halogens is 3. The molecule has 0 saturated carbocycles. The van der Waals surface area contributed by atoms with Gasteiger partial charge in [0.2, 0.25) is 0 Å². The van der Waals surface area contributed by atoms with Gasteiger partial charge in [-0.2, -0.15) is 0 Å². The Hall–Kier alpha value is -1.20. The lowest BCUT2D eigenvalue weighted by atomic mass is 10.1. The molecule has 0 aliphatic heterocycles. The SMILES string of the molecule is Clc1ccccc1-c1c(Cl)nc(-c2cscn2)nc1Cl. The van der Waals surface area contributed by atoms with Gasteiger partial charge in [0.1, 0.15) is 16.0 Å². The lowest BCUT2D eigenvalue weighted by Crippen LogP contribution is -1.95. The molecule has 3 nitrogen and oxygen atoms in total. The van der Waals surface area contributed by atoms with Gasteiger partial charge in [-0.1, -0.05) is 53.0 Å². The minimum absolute atomic E-state index is 0.251. The third-order valence-electron chi connectivity index (χ3n) is 2.63. The lowest BCUT2D eigenvalue weighted by Gasteiger charge is -2.09. The highest BCUT2D eigenvalue weighted by Crippen LogP contribution is 2.37. The van der Waals surface area contributed by atoms with Crippen LogP contribution in [0, 0.1) is 0 Å². The van der Waals surface area contributed by atoms with Gasteiger partial charge < -0.3 is 0 Å². The fraction of sp³-hybridized carbons (Fsp3) is 0. The van der Waals surface area contributed by atoms with Gasteiger partial charge in [-0.25, -0.2) is 15.0 Å². The van der Waals surface area contributed by atoms with Crippen LogP contribution in [0.3, 0.4) is 0 Å². The van der Waals surface area contributed by atoms with Gasteiger partial charge in [-0.15, -0.1) is 11.3 Å². The fourth-order valence-corrected chi connectivity index (χ4v) is 3.08. The predicted molar refractivity (Wildman–Crippen MR) is 83.6 cm³/mol. The predicted octanol–water partition coefficient (Wildman–Crippen LogP) is 5.23. The van der Waals surface area contributed by atoms with Gasteiger partial charge in [0.15, 0.2) is 5.82 Å². The molecule has 0 amide bonds. The zero-order valence-corrected chi connectivity index (χ0v) is 12.9. The Kier molecular flexibility index (Phi) is 3.89. The molecule has 7 heteroatoms. The van der Waals surface area contributed by atoms with Crippen LogP contribution in [0.5, 0.6) is 0 Å². The van der Waals surface area contributed by atoms with Crippen molar-refractivity contribution in [2.45, 2.75) is 0 Å². The van der Waals surface area contributed by atoms with E-state index in [1.54, 1.807) is 11.6 Å². The Morgan fingerprint density at radius 1 is 0.950 bits per heavy atom. The number of nitrogens with zero attached hydrogens (tertiary/aromatic N) is 3. The molecule has 100 valence electrons. The van der Waals surface area contributed by atoms with Crippen molar-refractivity contribution in [2.75, 3.05) is 0 Å². The maximum atomic E-state index is 6.24. The molecular weight excluding hydrogens is 337 g/mol. The molecule has 3 aromatic rings. The molecule has 0 N–H and O–H groups in total. The van der Waals surface area contributed by atoms with Crippen molar-refractivity contribution in [1.29, 1.82) is 0 Å². The molecule has 0 aliphatic rings. The zero-order valence-electron chi connectivity index (χ0n) is 9.85. The smallest absolute Gasteiger partial charge is 0.181 e. The van der Waals surface area contributed by atoms with Crippen molar-refractivity contribution >= 4 is 46.1 Å². The molecule has 0 unspecified atom stereocenters. The largest absolute Gasteiger partial charge is 0.241 e. The van der Waals surface area contributed by atoms with Crippen molar-refractivity contribution in [3.8, 4) is 22.6 Å². The standard InChI is InChI=1S/C13H6Cl3N3S/c14-8-4-2-1-3-7(8)10-11(15)18-13(19-12(10)16)9-5-20-6-17-9/h1-6H. The van der Waals surface area contributed by atoms with Gasteiger partial charge >= 0.3 is 0 Å². The number of rotatable bonds is 2. The Morgan fingerprint density at radius 2 is 1.65 bits per heavy atom. The summed E-state index contributed by atoms with van der Waals surface area (Å²) in [6, 6.07) is 7.26. The van der Waals surface area contributed by atoms with E-state index < -0.39 is 0 Å². The topological polar surface area (TPSA) is 38.7 Å². The third-order valence-corrected chi connectivity index (χ3v) is 4.09. The van der Waals surface area contributed by atoms with Crippen LogP contribution in [-0.2, 0) is 0 Å². The summed E-state index contributed by atoms with van der Waals surface area (Å²) in [5.74, 6) is 0.400. The van der Waals surface area contributed by atoms with Crippen LogP contribution in [0.4, 0.5) is 0 Å². The van der Waals surface area contributed by atoms with Crippen molar-refractivity contribution in [1.82, 2.24) is 15.0 Å². The molecule has 20 heavy (non-hydrogen) atoms. The highest BCUT2D eigenvalue weighted by atomic mass is 35.5. The highest BCUT2D eigenvalue weighted by molar-refractivity contribution is 7.07. The first-order valence-electron chi connectivity index (χ1n) is 5.53. The molecule has 1 aromatic carbocycles.